The Bertz CT molecular complexity index is 964. The van der Waals surface area contributed by atoms with Gasteiger partial charge in [-0.2, -0.15) is 0 Å². The van der Waals surface area contributed by atoms with Gasteiger partial charge in [0.1, 0.15) is 4.88 Å². The molecule has 0 unspecified atom stereocenters. The normalized spacial score (nSPS) is 14.3. The number of ether oxygens (including phenoxy) is 3. The van der Waals surface area contributed by atoms with E-state index in [4.69, 9.17) is 14.2 Å². The smallest absolute Gasteiger partial charge is 0.348 e. The Morgan fingerprint density at radius 3 is 2.22 bits per heavy atom. The van der Waals surface area contributed by atoms with E-state index in [2.05, 4.69) is 18.7 Å². The molecule has 8 heteroatoms. The molecular weight excluding hydrogens is 428 g/mol. The number of carbonyl (C=O) groups excluding carboxylic acids is 2. The molecule has 0 bridgehead atoms. The summed E-state index contributed by atoms with van der Waals surface area (Å²) in [6.07, 6.45) is 0.877. The van der Waals surface area contributed by atoms with Gasteiger partial charge in [-0.15, -0.1) is 11.3 Å². The Hall–Kier alpha value is -2.58. The Kier molecular flexibility index (Phi) is 8.15. The molecule has 3 rings (SSSR count). The number of carbonyl (C=O) groups is 2. The monoisotopic (exact) mass is 460 g/mol. The van der Waals surface area contributed by atoms with Crippen LogP contribution < -0.4 is 9.47 Å². The van der Waals surface area contributed by atoms with E-state index in [1.807, 2.05) is 25.1 Å². The first kappa shape index (κ1) is 24.1. The van der Waals surface area contributed by atoms with Crippen molar-refractivity contribution < 1.29 is 23.8 Å². The van der Waals surface area contributed by atoms with Crippen molar-refractivity contribution in [3.63, 3.8) is 0 Å². The van der Waals surface area contributed by atoms with Gasteiger partial charge in [0.25, 0.3) is 5.91 Å². The second-order valence-corrected chi connectivity index (χ2v) is 9.17. The van der Waals surface area contributed by atoms with Crippen LogP contribution in [0, 0.1) is 13.8 Å². The summed E-state index contributed by atoms with van der Waals surface area (Å²) < 4.78 is 16.1. The standard InChI is InChI=1S/C24H32N2O5S/c1-6-18-13-22(32-17(18)3)24(28)31-15-23(27)26-9-7-25(8-10-26)14-19-12-21(30-5)20(29-4)11-16(19)2/h11-13H,6-10,14-15H2,1-5H3. The van der Waals surface area contributed by atoms with Crippen molar-refractivity contribution in [3.8, 4) is 11.5 Å². The van der Waals surface area contributed by atoms with Crippen LogP contribution in [0.5, 0.6) is 11.5 Å². The molecule has 7 nitrogen and oxygen atoms in total. The molecule has 174 valence electrons. The first-order valence-corrected chi connectivity index (χ1v) is 11.7. The zero-order valence-electron chi connectivity index (χ0n) is 19.5. The summed E-state index contributed by atoms with van der Waals surface area (Å²) >= 11 is 1.42. The molecule has 0 saturated carbocycles. The molecule has 1 aromatic carbocycles. The van der Waals surface area contributed by atoms with Crippen molar-refractivity contribution in [1.29, 1.82) is 0 Å². The first-order chi connectivity index (χ1) is 15.4. The van der Waals surface area contributed by atoms with Crippen molar-refractivity contribution in [2.45, 2.75) is 33.7 Å². The van der Waals surface area contributed by atoms with E-state index in [1.54, 1.807) is 19.1 Å². The van der Waals surface area contributed by atoms with E-state index in [0.717, 1.165) is 53.6 Å². The van der Waals surface area contributed by atoms with Gasteiger partial charge in [0.2, 0.25) is 0 Å². The van der Waals surface area contributed by atoms with Crippen molar-refractivity contribution in [3.05, 3.63) is 44.6 Å². The fourth-order valence-electron chi connectivity index (χ4n) is 3.85. The van der Waals surface area contributed by atoms with Gasteiger partial charge < -0.3 is 19.1 Å². The van der Waals surface area contributed by atoms with Crippen molar-refractivity contribution in [1.82, 2.24) is 9.80 Å². The third kappa shape index (κ3) is 5.61. The number of hydrogen-bond donors (Lipinski definition) is 0. The number of methoxy groups -OCH3 is 2. The number of aryl methyl sites for hydroxylation is 3. The van der Waals surface area contributed by atoms with E-state index in [1.165, 1.54) is 16.9 Å². The Morgan fingerprint density at radius 2 is 1.62 bits per heavy atom. The molecule has 1 aromatic heterocycles. The van der Waals surface area contributed by atoms with E-state index in [-0.39, 0.29) is 12.5 Å². The zero-order valence-corrected chi connectivity index (χ0v) is 20.3. The predicted octanol–water partition coefficient (Wildman–Crippen LogP) is 3.45. The van der Waals surface area contributed by atoms with Crippen molar-refractivity contribution in [2.24, 2.45) is 0 Å². The highest BCUT2D eigenvalue weighted by Gasteiger charge is 2.23. The molecule has 1 fully saturated rings. The number of nitrogens with zero attached hydrogens (tertiary/aromatic N) is 2. The number of thiophene rings is 1. The molecule has 32 heavy (non-hydrogen) atoms. The molecular formula is C24H32N2O5S. The second-order valence-electron chi connectivity index (χ2n) is 7.91. The molecule has 0 atom stereocenters. The van der Waals surface area contributed by atoms with Crippen molar-refractivity contribution in [2.75, 3.05) is 47.0 Å². The van der Waals surface area contributed by atoms with E-state index >= 15 is 0 Å². The summed E-state index contributed by atoms with van der Waals surface area (Å²) in [6.45, 7) is 9.42. The van der Waals surface area contributed by atoms with Gasteiger partial charge in [-0.1, -0.05) is 6.92 Å². The lowest BCUT2D eigenvalue weighted by molar-refractivity contribution is -0.136. The fraction of sp³-hybridized carbons (Fsp3) is 0.500. The lowest BCUT2D eigenvalue weighted by Gasteiger charge is -2.35. The third-order valence-corrected chi connectivity index (χ3v) is 6.96. The maximum Gasteiger partial charge on any atom is 0.348 e. The fourth-order valence-corrected chi connectivity index (χ4v) is 4.86. The Labute approximate surface area is 193 Å². The van der Waals surface area contributed by atoms with Crippen LogP contribution in [0.4, 0.5) is 0 Å². The van der Waals surface area contributed by atoms with Gasteiger partial charge in [-0.25, -0.2) is 4.79 Å². The SMILES string of the molecule is CCc1cc(C(=O)OCC(=O)N2CCN(Cc3cc(OC)c(OC)cc3C)CC2)sc1C. The van der Waals surface area contributed by atoms with Crippen LogP contribution in [0.2, 0.25) is 0 Å². The van der Waals surface area contributed by atoms with Gasteiger partial charge in [0, 0.05) is 37.6 Å². The summed E-state index contributed by atoms with van der Waals surface area (Å²) in [7, 11) is 3.27. The highest BCUT2D eigenvalue weighted by Crippen LogP contribution is 2.31. The molecule has 0 radical (unpaired) electrons. The molecule has 0 N–H and O–H groups in total. The molecule has 2 heterocycles. The summed E-state index contributed by atoms with van der Waals surface area (Å²) in [5.41, 5.74) is 3.46. The number of hydrogen-bond acceptors (Lipinski definition) is 7. The quantitative estimate of drug-likeness (QED) is 0.562. The number of rotatable bonds is 8. The van der Waals surface area contributed by atoms with Crippen molar-refractivity contribution >= 4 is 23.2 Å². The molecule has 1 saturated heterocycles. The maximum absolute atomic E-state index is 12.5. The van der Waals surface area contributed by atoms with Crippen LogP contribution in [0.1, 0.15) is 38.2 Å². The minimum Gasteiger partial charge on any atom is -0.493 e. The molecule has 0 spiro atoms. The summed E-state index contributed by atoms with van der Waals surface area (Å²) in [5, 5.41) is 0. The van der Waals surface area contributed by atoms with E-state index in [0.29, 0.717) is 18.0 Å². The second kappa shape index (κ2) is 10.8. The van der Waals surface area contributed by atoms with Gasteiger partial charge in [-0.05, 0) is 55.2 Å². The minimum atomic E-state index is -0.422. The van der Waals surface area contributed by atoms with Crippen LogP contribution in [-0.2, 0) is 22.5 Å². The lowest BCUT2D eigenvalue weighted by Crippen LogP contribution is -2.49. The van der Waals surface area contributed by atoms with Crippen LogP contribution in [-0.4, -0.2) is 68.7 Å². The predicted molar refractivity (Wildman–Crippen MR) is 125 cm³/mol. The Morgan fingerprint density at radius 1 is 0.969 bits per heavy atom. The van der Waals surface area contributed by atoms with Gasteiger partial charge in [0.05, 0.1) is 14.2 Å². The molecule has 1 amide bonds. The highest BCUT2D eigenvalue weighted by atomic mass is 32.1. The largest absolute Gasteiger partial charge is 0.493 e. The minimum absolute atomic E-state index is 0.149. The Balaban J connectivity index is 1.49. The summed E-state index contributed by atoms with van der Waals surface area (Å²) in [5.74, 6) is 0.871. The number of esters is 1. The topological polar surface area (TPSA) is 68.3 Å². The van der Waals surface area contributed by atoms with Crippen LogP contribution in [0.3, 0.4) is 0 Å². The van der Waals surface area contributed by atoms with Crippen LogP contribution in [0.15, 0.2) is 18.2 Å². The molecule has 2 aromatic rings. The molecule has 1 aliphatic heterocycles. The third-order valence-electron chi connectivity index (χ3n) is 5.89. The summed E-state index contributed by atoms with van der Waals surface area (Å²) in [6, 6.07) is 5.87. The zero-order chi connectivity index (χ0) is 23.3. The van der Waals surface area contributed by atoms with Gasteiger partial charge >= 0.3 is 5.97 Å². The average molecular weight is 461 g/mol. The summed E-state index contributed by atoms with van der Waals surface area (Å²) in [4.78, 5) is 30.6. The molecule has 1 aliphatic rings. The number of benzene rings is 1. The molecule has 0 aliphatic carbocycles. The van der Waals surface area contributed by atoms with Gasteiger partial charge in [0.15, 0.2) is 18.1 Å². The first-order valence-electron chi connectivity index (χ1n) is 10.8. The number of amides is 1. The van der Waals surface area contributed by atoms with E-state index < -0.39 is 5.97 Å². The number of piperazine rings is 1. The van der Waals surface area contributed by atoms with Crippen LogP contribution >= 0.6 is 11.3 Å². The maximum atomic E-state index is 12.5. The van der Waals surface area contributed by atoms with E-state index in [9.17, 15) is 9.59 Å². The van der Waals surface area contributed by atoms with Crippen LogP contribution in [0.25, 0.3) is 0 Å². The average Bonchev–Trinajstić information content (AvgIpc) is 3.19. The lowest BCUT2D eigenvalue weighted by atomic mass is 10.1. The van der Waals surface area contributed by atoms with Gasteiger partial charge in [-0.3, -0.25) is 9.69 Å². The highest BCUT2D eigenvalue weighted by molar-refractivity contribution is 7.14.